The van der Waals surface area contributed by atoms with Crippen molar-refractivity contribution in [1.29, 1.82) is 0 Å². The van der Waals surface area contributed by atoms with E-state index in [1.165, 1.54) is 5.56 Å². The standard InChI is InChI=1S/C15H20N2O3/c1-2-12-5-3-4-6-13(12)8-16-15(20)17-9-11(10-17)7-14(18)19/h3-6,11H,2,7-10H2,1H3,(H,16,20)(H,18,19). The normalized spacial score (nSPS) is 14.8. The van der Waals surface area contributed by atoms with Crippen molar-refractivity contribution in [3.05, 3.63) is 35.4 Å². The maximum atomic E-state index is 11.9. The van der Waals surface area contributed by atoms with Crippen molar-refractivity contribution in [2.45, 2.75) is 26.3 Å². The molecule has 2 N–H and O–H groups in total. The lowest BCUT2D eigenvalue weighted by Gasteiger charge is -2.38. The minimum absolute atomic E-state index is 0.0983. The summed E-state index contributed by atoms with van der Waals surface area (Å²) in [6, 6.07) is 7.93. The van der Waals surface area contributed by atoms with Gasteiger partial charge in [0.2, 0.25) is 0 Å². The highest BCUT2D eigenvalue weighted by atomic mass is 16.4. The van der Waals surface area contributed by atoms with Crippen molar-refractivity contribution in [3.8, 4) is 0 Å². The molecule has 1 fully saturated rings. The number of amides is 2. The maximum Gasteiger partial charge on any atom is 0.317 e. The lowest BCUT2D eigenvalue weighted by atomic mass is 9.97. The molecule has 108 valence electrons. The minimum Gasteiger partial charge on any atom is -0.481 e. The van der Waals surface area contributed by atoms with Crippen LogP contribution in [0.1, 0.15) is 24.5 Å². The third kappa shape index (κ3) is 3.50. The van der Waals surface area contributed by atoms with E-state index in [1.807, 2.05) is 18.2 Å². The van der Waals surface area contributed by atoms with Crippen LogP contribution in [0.15, 0.2) is 24.3 Å². The highest BCUT2D eigenvalue weighted by Gasteiger charge is 2.31. The first kappa shape index (κ1) is 14.4. The molecule has 1 heterocycles. The van der Waals surface area contributed by atoms with E-state index in [2.05, 4.69) is 18.3 Å². The van der Waals surface area contributed by atoms with E-state index in [9.17, 15) is 9.59 Å². The predicted molar refractivity (Wildman–Crippen MR) is 75.4 cm³/mol. The molecule has 2 amide bonds. The molecule has 20 heavy (non-hydrogen) atoms. The first-order valence-corrected chi connectivity index (χ1v) is 6.91. The zero-order valence-corrected chi connectivity index (χ0v) is 11.6. The molecule has 0 radical (unpaired) electrons. The Morgan fingerprint density at radius 1 is 1.30 bits per heavy atom. The van der Waals surface area contributed by atoms with Gasteiger partial charge < -0.3 is 15.3 Å². The van der Waals surface area contributed by atoms with E-state index >= 15 is 0 Å². The summed E-state index contributed by atoms with van der Waals surface area (Å²) < 4.78 is 0. The predicted octanol–water partition coefficient (Wildman–Crippen LogP) is 1.87. The van der Waals surface area contributed by atoms with Gasteiger partial charge >= 0.3 is 12.0 Å². The van der Waals surface area contributed by atoms with Crippen LogP contribution in [0.2, 0.25) is 0 Å². The molecule has 1 aromatic carbocycles. The Labute approximate surface area is 118 Å². The van der Waals surface area contributed by atoms with Crippen LogP contribution < -0.4 is 5.32 Å². The summed E-state index contributed by atoms with van der Waals surface area (Å²) in [6.45, 7) is 3.68. The number of urea groups is 1. The average molecular weight is 276 g/mol. The van der Waals surface area contributed by atoms with E-state index in [0.717, 1.165) is 12.0 Å². The molecule has 0 unspecified atom stereocenters. The number of carboxylic acids is 1. The van der Waals surface area contributed by atoms with Crippen molar-refractivity contribution in [2.75, 3.05) is 13.1 Å². The van der Waals surface area contributed by atoms with E-state index in [0.29, 0.717) is 19.6 Å². The summed E-state index contributed by atoms with van der Waals surface area (Å²) >= 11 is 0. The molecule has 1 saturated heterocycles. The van der Waals surface area contributed by atoms with Crippen LogP contribution in [-0.2, 0) is 17.8 Å². The fourth-order valence-corrected chi connectivity index (χ4v) is 2.47. The number of benzene rings is 1. The molecular formula is C15H20N2O3. The largest absolute Gasteiger partial charge is 0.481 e. The molecule has 0 atom stereocenters. The summed E-state index contributed by atoms with van der Waals surface area (Å²) in [5.74, 6) is -0.701. The van der Waals surface area contributed by atoms with Crippen molar-refractivity contribution >= 4 is 12.0 Å². The number of aryl methyl sites for hydroxylation is 1. The Morgan fingerprint density at radius 2 is 1.95 bits per heavy atom. The number of carboxylic acid groups (broad SMARTS) is 1. The summed E-state index contributed by atoms with van der Waals surface area (Å²) in [4.78, 5) is 24.1. The third-order valence-corrected chi connectivity index (χ3v) is 3.64. The first-order valence-electron chi connectivity index (χ1n) is 6.91. The molecular weight excluding hydrogens is 256 g/mol. The van der Waals surface area contributed by atoms with Gasteiger partial charge in [-0.15, -0.1) is 0 Å². The van der Waals surface area contributed by atoms with Crippen molar-refractivity contribution in [1.82, 2.24) is 10.2 Å². The number of rotatable bonds is 5. The molecule has 1 aliphatic heterocycles. The second kappa shape index (κ2) is 6.41. The van der Waals surface area contributed by atoms with Crippen LogP contribution in [0.4, 0.5) is 4.79 Å². The van der Waals surface area contributed by atoms with Gasteiger partial charge in [0.05, 0.1) is 6.42 Å². The summed E-state index contributed by atoms with van der Waals surface area (Å²) in [5.41, 5.74) is 2.37. The van der Waals surface area contributed by atoms with Gasteiger partial charge in [-0.3, -0.25) is 4.79 Å². The molecule has 0 aromatic heterocycles. The highest BCUT2D eigenvalue weighted by Crippen LogP contribution is 2.19. The van der Waals surface area contributed by atoms with Crippen molar-refractivity contribution < 1.29 is 14.7 Å². The van der Waals surface area contributed by atoms with Crippen LogP contribution in [0.5, 0.6) is 0 Å². The van der Waals surface area contributed by atoms with Gasteiger partial charge in [0.1, 0.15) is 0 Å². The second-order valence-electron chi connectivity index (χ2n) is 5.15. The molecule has 0 bridgehead atoms. The summed E-state index contributed by atoms with van der Waals surface area (Å²) in [7, 11) is 0. The zero-order valence-electron chi connectivity index (χ0n) is 11.6. The number of likely N-dealkylation sites (tertiary alicyclic amines) is 1. The fourth-order valence-electron chi connectivity index (χ4n) is 2.47. The molecule has 1 aliphatic rings. The van der Waals surface area contributed by atoms with Crippen molar-refractivity contribution in [3.63, 3.8) is 0 Å². The number of nitrogens with one attached hydrogen (secondary N) is 1. The Bertz CT molecular complexity index is 496. The van der Waals surface area contributed by atoms with Gasteiger partial charge in [0.25, 0.3) is 0 Å². The van der Waals surface area contributed by atoms with E-state index in [4.69, 9.17) is 5.11 Å². The third-order valence-electron chi connectivity index (χ3n) is 3.64. The summed E-state index contributed by atoms with van der Waals surface area (Å²) in [6.07, 6.45) is 1.08. The number of hydrogen-bond acceptors (Lipinski definition) is 2. The Kier molecular flexibility index (Phi) is 4.61. The monoisotopic (exact) mass is 276 g/mol. The van der Waals surface area contributed by atoms with Gasteiger partial charge in [-0.2, -0.15) is 0 Å². The molecule has 0 saturated carbocycles. The number of nitrogens with zero attached hydrogens (tertiary/aromatic N) is 1. The van der Waals surface area contributed by atoms with Gasteiger partial charge in [0.15, 0.2) is 0 Å². The van der Waals surface area contributed by atoms with Gasteiger partial charge in [0, 0.05) is 25.6 Å². The second-order valence-corrected chi connectivity index (χ2v) is 5.15. The lowest BCUT2D eigenvalue weighted by Crippen LogP contribution is -2.54. The lowest BCUT2D eigenvalue weighted by molar-refractivity contribution is -0.139. The molecule has 0 spiro atoms. The van der Waals surface area contributed by atoms with Crippen LogP contribution in [0.25, 0.3) is 0 Å². The molecule has 0 aliphatic carbocycles. The zero-order chi connectivity index (χ0) is 14.5. The highest BCUT2D eigenvalue weighted by molar-refractivity contribution is 5.75. The van der Waals surface area contributed by atoms with Crippen LogP contribution >= 0.6 is 0 Å². The Balaban J connectivity index is 1.78. The molecule has 5 heteroatoms. The number of carbonyl (C=O) groups is 2. The number of aliphatic carboxylic acids is 1. The van der Waals surface area contributed by atoms with Gasteiger partial charge in [-0.25, -0.2) is 4.79 Å². The average Bonchev–Trinajstić information content (AvgIpc) is 2.39. The quantitative estimate of drug-likeness (QED) is 0.862. The molecule has 1 aromatic rings. The number of carbonyl (C=O) groups excluding carboxylic acids is 1. The van der Waals surface area contributed by atoms with E-state index in [1.54, 1.807) is 4.90 Å². The number of hydrogen-bond donors (Lipinski definition) is 2. The Hall–Kier alpha value is -2.04. The SMILES string of the molecule is CCc1ccccc1CNC(=O)N1CC(CC(=O)O)C1. The van der Waals surface area contributed by atoms with Gasteiger partial charge in [-0.1, -0.05) is 31.2 Å². The summed E-state index contributed by atoms with van der Waals surface area (Å²) in [5, 5.41) is 11.6. The molecule has 5 nitrogen and oxygen atoms in total. The fraction of sp³-hybridized carbons (Fsp3) is 0.467. The van der Waals surface area contributed by atoms with Crippen LogP contribution in [0.3, 0.4) is 0 Å². The van der Waals surface area contributed by atoms with E-state index < -0.39 is 5.97 Å². The minimum atomic E-state index is -0.799. The first-order chi connectivity index (χ1) is 9.60. The maximum absolute atomic E-state index is 11.9. The van der Waals surface area contributed by atoms with Crippen LogP contribution in [-0.4, -0.2) is 35.1 Å². The smallest absolute Gasteiger partial charge is 0.317 e. The topological polar surface area (TPSA) is 69.6 Å². The van der Waals surface area contributed by atoms with Crippen LogP contribution in [0, 0.1) is 5.92 Å². The Morgan fingerprint density at radius 3 is 2.55 bits per heavy atom. The van der Waals surface area contributed by atoms with E-state index in [-0.39, 0.29) is 18.4 Å². The molecule has 2 rings (SSSR count). The van der Waals surface area contributed by atoms with Crippen molar-refractivity contribution in [2.24, 2.45) is 5.92 Å². The van der Waals surface area contributed by atoms with Gasteiger partial charge in [-0.05, 0) is 17.5 Å².